The second-order valence-corrected chi connectivity index (χ2v) is 8.13. The molecule has 0 aromatic carbocycles. The molecule has 4 atom stereocenters. The van der Waals surface area contributed by atoms with Crippen molar-refractivity contribution in [3.05, 3.63) is 0 Å². The molecule has 0 spiro atoms. The van der Waals surface area contributed by atoms with Gasteiger partial charge in [-0.15, -0.1) is 0 Å². The van der Waals surface area contributed by atoms with E-state index in [0.717, 1.165) is 25.7 Å². The van der Waals surface area contributed by atoms with Crippen molar-refractivity contribution in [2.75, 3.05) is 6.54 Å². The van der Waals surface area contributed by atoms with Crippen molar-refractivity contribution in [2.45, 2.75) is 78.4 Å². The number of esters is 1. The van der Waals surface area contributed by atoms with Crippen LogP contribution < -0.4 is 0 Å². The zero-order valence-electron chi connectivity index (χ0n) is 14.4. The largest absolute Gasteiger partial charge is 0.460 e. The molecule has 3 fully saturated rings. The number of likely N-dealkylation sites (tertiary alicyclic amines) is 1. The molecule has 3 rings (SSSR count). The van der Waals surface area contributed by atoms with Gasteiger partial charge in [0.05, 0.1) is 0 Å². The van der Waals surface area contributed by atoms with Crippen molar-refractivity contribution in [2.24, 2.45) is 16.7 Å². The van der Waals surface area contributed by atoms with E-state index in [4.69, 9.17) is 4.74 Å². The molecule has 1 aliphatic heterocycles. The lowest BCUT2D eigenvalue weighted by Crippen LogP contribution is -2.45. The van der Waals surface area contributed by atoms with Gasteiger partial charge in [-0.25, -0.2) is 4.79 Å². The van der Waals surface area contributed by atoms with E-state index in [9.17, 15) is 9.59 Å². The molecule has 124 valence electrons. The van der Waals surface area contributed by atoms with Gasteiger partial charge in [-0.3, -0.25) is 4.79 Å². The van der Waals surface area contributed by atoms with E-state index in [1.807, 2.05) is 6.92 Å². The summed E-state index contributed by atoms with van der Waals surface area (Å²) in [6.45, 7) is 9.47. The van der Waals surface area contributed by atoms with Gasteiger partial charge in [-0.05, 0) is 43.4 Å². The predicted octanol–water partition coefficient (Wildman–Crippen LogP) is 3.15. The average Bonchev–Trinajstić information content (AvgIpc) is 3.09. The first-order valence-corrected chi connectivity index (χ1v) is 8.81. The van der Waals surface area contributed by atoms with Crippen LogP contribution in [0.2, 0.25) is 0 Å². The second-order valence-electron chi connectivity index (χ2n) is 8.13. The first-order chi connectivity index (χ1) is 10.3. The summed E-state index contributed by atoms with van der Waals surface area (Å²) in [5, 5.41) is 0. The van der Waals surface area contributed by atoms with Crippen LogP contribution in [-0.2, 0) is 14.3 Å². The van der Waals surface area contributed by atoms with Crippen LogP contribution in [0, 0.1) is 16.7 Å². The molecular formula is C18H29NO3. The standard InChI is InChI=1S/C18H29NO3/c1-5-15(20)19-10-6-7-13(19)16(21)22-14-11-12-8-9-18(14,4)17(12,2)3/h12-14H,5-11H2,1-4H3/t12?,13-,14?,18?/m0/s1. The minimum Gasteiger partial charge on any atom is -0.460 e. The van der Waals surface area contributed by atoms with Gasteiger partial charge in [0.15, 0.2) is 0 Å². The van der Waals surface area contributed by atoms with Gasteiger partial charge >= 0.3 is 5.97 Å². The Morgan fingerprint density at radius 3 is 2.50 bits per heavy atom. The zero-order valence-corrected chi connectivity index (χ0v) is 14.4. The summed E-state index contributed by atoms with van der Waals surface area (Å²) in [6, 6.07) is -0.349. The van der Waals surface area contributed by atoms with Crippen LogP contribution in [0.25, 0.3) is 0 Å². The fourth-order valence-corrected chi connectivity index (χ4v) is 5.04. The lowest BCUT2D eigenvalue weighted by Gasteiger charge is -2.39. The van der Waals surface area contributed by atoms with Crippen molar-refractivity contribution in [1.29, 1.82) is 0 Å². The van der Waals surface area contributed by atoms with E-state index in [-0.39, 0.29) is 34.9 Å². The third kappa shape index (κ3) is 2.10. The zero-order chi connectivity index (χ0) is 16.1. The van der Waals surface area contributed by atoms with E-state index in [0.29, 0.717) is 18.9 Å². The van der Waals surface area contributed by atoms with Crippen molar-refractivity contribution >= 4 is 11.9 Å². The molecule has 1 heterocycles. The van der Waals surface area contributed by atoms with E-state index in [2.05, 4.69) is 20.8 Å². The van der Waals surface area contributed by atoms with Crippen LogP contribution in [-0.4, -0.2) is 35.5 Å². The topological polar surface area (TPSA) is 46.6 Å². The third-order valence-electron chi connectivity index (χ3n) is 7.12. The Hall–Kier alpha value is -1.06. The summed E-state index contributed by atoms with van der Waals surface area (Å²) in [4.78, 5) is 26.3. The normalized spacial score (nSPS) is 39.3. The number of hydrogen-bond donors (Lipinski definition) is 0. The van der Waals surface area contributed by atoms with Gasteiger partial charge in [0.25, 0.3) is 0 Å². The quantitative estimate of drug-likeness (QED) is 0.753. The maximum Gasteiger partial charge on any atom is 0.329 e. The van der Waals surface area contributed by atoms with Crippen molar-refractivity contribution in [3.8, 4) is 0 Å². The molecule has 2 saturated carbocycles. The SMILES string of the molecule is CCC(=O)N1CCC[C@H]1C(=O)OC1CC2CCC1(C)C2(C)C. The molecule has 22 heavy (non-hydrogen) atoms. The highest BCUT2D eigenvalue weighted by molar-refractivity contribution is 5.85. The summed E-state index contributed by atoms with van der Waals surface area (Å²) in [5.41, 5.74) is 0.331. The number of amides is 1. The van der Waals surface area contributed by atoms with Crippen molar-refractivity contribution in [1.82, 2.24) is 4.90 Å². The molecule has 1 amide bonds. The Labute approximate surface area is 133 Å². The number of hydrogen-bond acceptors (Lipinski definition) is 3. The Morgan fingerprint density at radius 2 is 1.95 bits per heavy atom. The molecule has 2 bridgehead atoms. The highest BCUT2D eigenvalue weighted by Gasteiger charge is 2.63. The van der Waals surface area contributed by atoms with Crippen LogP contribution in [0.3, 0.4) is 0 Å². The summed E-state index contributed by atoms with van der Waals surface area (Å²) in [6.07, 6.45) is 5.52. The maximum atomic E-state index is 12.6. The fourth-order valence-electron chi connectivity index (χ4n) is 5.04. The van der Waals surface area contributed by atoms with Gasteiger partial charge in [0.2, 0.25) is 5.91 Å². The van der Waals surface area contributed by atoms with Crippen LogP contribution >= 0.6 is 0 Å². The van der Waals surface area contributed by atoms with Crippen molar-refractivity contribution in [3.63, 3.8) is 0 Å². The Kier molecular flexibility index (Phi) is 3.77. The van der Waals surface area contributed by atoms with Gasteiger partial charge in [0.1, 0.15) is 12.1 Å². The van der Waals surface area contributed by atoms with Gasteiger partial charge in [-0.2, -0.15) is 0 Å². The average molecular weight is 307 g/mol. The highest BCUT2D eigenvalue weighted by atomic mass is 16.5. The minimum atomic E-state index is -0.349. The summed E-state index contributed by atoms with van der Waals surface area (Å²) < 4.78 is 5.96. The predicted molar refractivity (Wildman–Crippen MR) is 84.1 cm³/mol. The molecule has 0 radical (unpaired) electrons. The van der Waals surface area contributed by atoms with E-state index in [1.54, 1.807) is 4.90 Å². The molecule has 4 heteroatoms. The number of carbonyl (C=O) groups is 2. The summed E-state index contributed by atoms with van der Waals surface area (Å²) in [5.74, 6) is 0.556. The van der Waals surface area contributed by atoms with Crippen molar-refractivity contribution < 1.29 is 14.3 Å². The Bertz CT molecular complexity index is 487. The molecule has 4 nitrogen and oxygen atoms in total. The van der Waals surface area contributed by atoms with Crippen LogP contribution in [0.5, 0.6) is 0 Å². The minimum absolute atomic E-state index is 0.0212. The molecule has 2 aliphatic carbocycles. The molecule has 0 N–H and O–H groups in total. The molecule has 1 saturated heterocycles. The van der Waals surface area contributed by atoms with Gasteiger partial charge in [-0.1, -0.05) is 27.7 Å². The molecule has 0 aromatic rings. The molecule has 0 aromatic heterocycles. The lowest BCUT2D eigenvalue weighted by atomic mass is 9.70. The molecule has 3 unspecified atom stereocenters. The summed E-state index contributed by atoms with van der Waals surface area (Å²) in [7, 11) is 0. The number of ether oxygens (including phenoxy) is 1. The number of nitrogens with zero attached hydrogens (tertiary/aromatic N) is 1. The van der Waals surface area contributed by atoms with E-state index in [1.165, 1.54) is 6.42 Å². The van der Waals surface area contributed by atoms with Crippen LogP contribution in [0.4, 0.5) is 0 Å². The Morgan fingerprint density at radius 1 is 1.23 bits per heavy atom. The lowest BCUT2D eigenvalue weighted by molar-refractivity contribution is -0.164. The third-order valence-corrected chi connectivity index (χ3v) is 7.12. The first kappa shape index (κ1) is 15.8. The van der Waals surface area contributed by atoms with Crippen LogP contribution in [0.1, 0.15) is 66.2 Å². The number of fused-ring (bicyclic) bond motifs is 2. The van der Waals surface area contributed by atoms with E-state index < -0.39 is 0 Å². The number of carbonyl (C=O) groups excluding carboxylic acids is 2. The van der Waals surface area contributed by atoms with E-state index >= 15 is 0 Å². The molecule has 3 aliphatic rings. The van der Waals surface area contributed by atoms with Crippen LogP contribution in [0.15, 0.2) is 0 Å². The Balaban J connectivity index is 1.69. The van der Waals surface area contributed by atoms with Gasteiger partial charge in [0, 0.05) is 18.4 Å². The monoisotopic (exact) mass is 307 g/mol. The summed E-state index contributed by atoms with van der Waals surface area (Å²) >= 11 is 0. The maximum absolute atomic E-state index is 12.6. The first-order valence-electron chi connectivity index (χ1n) is 8.81. The highest BCUT2D eigenvalue weighted by Crippen LogP contribution is 2.66. The number of rotatable bonds is 3. The second kappa shape index (κ2) is 5.24. The molecular weight excluding hydrogens is 278 g/mol. The fraction of sp³-hybridized carbons (Fsp3) is 0.889. The smallest absolute Gasteiger partial charge is 0.329 e. The van der Waals surface area contributed by atoms with Gasteiger partial charge < -0.3 is 9.64 Å².